The van der Waals surface area contributed by atoms with Gasteiger partial charge in [0.2, 0.25) is 0 Å². The minimum Gasteiger partial charge on any atom is -0.495 e. The van der Waals surface area contributed by atoms with E-state index in [9.17, 15) is 0 Å². The molecule has 1 N–H and O–H groups in total. The van der Waals surface area contributed by atoms with Crippen LogP contribution in [0.5, 0.6) is 5.75 Å². The lowest BCUT2D eigenvalue weighted by molar-refractivity contribution is 0.284. The molecule has 104 valence electrons. The number of hydrogen-bond acceptors (Lipinski definition) is 3. The summed E-state index contributed by atoms with van der Waals surface area (Å²) < 4.78 is 5.49. The molecule has 1 fully saturated rings. The second kappa shape index (κ2) is 4.95. The first kappa shape index (κ1) is 12.6. The number of para-hydroxylation sites is 1. The van der Waals surface area contributed by atoms with Crippen molar-refractivity contribution < 1.29 is 4.74 Å². The Kier molecular flexibility index (Phi) is 3.29. The number of ether oxygens (including phenoxy) is 1. The normalized spacial score (nSPS) is 20.8. The molecule has 3 heteroatoms. The lowest BCUT2D eigenvalue weighted by atomic mass is 9.78. The summed E-state index contributed by atoms with van der Waals surface area (Å²) in [7, 11) is 1.75. The Morgan fingerprint density at radius 1 is 1.26 bits per heavy atom. The highest BCUT2D eigenvalue weighted by Gasteiger charge is 2.41. The van der Waals surface area contributed by atoms with Crippen LogP contribution in [0.4, 0.5) is 11.4 Å². The van der Waals surface area contributed by atoms with E-state index in [2.05, 4.69) is 29.3 Å². The van der Waals surface area contributed by atoms with Gasteiger partial charge in [-0.3, -0.25) is 0 Å². The highest BCUT2D eigenvalue weighted by molar-refractivity contribution is 5.79. The second-order valence-corrected chi connectivity index (χ2v) is 5.74. The molecule has 1 aromatic rings. The first-order chi connectivity index (χ1) is 9.30. The average Bonchev–Trinajstić information content (AvgIpc) is 2.47. The van der Waals surface area contributed by atoms with E-state index < -0.39 is 0 Å². The molecule has 0 atom stereocenters. The zero-order chi connectivity index (χ0) is 13.3. The van der Waals surface area contributed by atoms with Gasteiger partial charge >= 0.3 is 0 Å². The predicted octanol–water partition coefficient (Wildman–Crippen LogP) is 3.65. The van der Waals surface area contributed by atoms with Crippen molar-refractivity contribution in [3.8, 4) is 5.75 Å². The summed E-state index contributed by atoms with van der Waals surface area (Å²) in [6.45, 7) is 4.39. The topological polar surface area (TPSA) is 24.5 Å². The zero-order valence-electron chi connectivity index (χ0n) is 12.0. The van der Waals surface area contributed by atoms with Crippen molar-refractivity contribution in [2.24, 2.45) is 0 Å². The van der Waals surface area contributed by atoms with Gasteiger partial charge in [0, 0.05) is 13.1 Å². The molecule has 0 unspecified atom stereocenters. The molecule has 0 radical (unpaired) electrons. The Bertz CT molecular complexity index is 452. The quantitative estimate of drug-likeness (QED) is 0.878. The van der Waals surface area contributed by atoms with Crippen LogP contribution in [-0.2, 0) is 0 Å². The fourth-order valence-corrected chi connectivity index (χ4v) is 3.86. The van der Waals surface area contributed by atoms with E-state index in [0.29, 0.717) is 5.54 Å². The van der Waals surface area contributed by atoms with Gasteiger partial charge in [-0.25, -0.2) is 0 Å². The lowest BCUT2D eigenvalue weighted by Gasteiger charge is -2.51. The molecule has 1 saturated carbocycles. The van der Waals surface area contributed by atoms with E-state index in [4.69, 9.17) is 4.74 Å². The van der Waals surface area contributed by atoms with E-state index in [1.165, 1.54) is 43.5 Å². The molecule has 1 spiro atoms. The van der Waals surface area contributed by atoms with Crippen molar-refractivity contribution in [2.75, 3.05) is 30.4 Å². The molecule has 0 aromatic heterocycles. The number of fused-ring (bicyclic) bond motifs is 1. The minimum absolute atomic E-state index is 0.326. The molecule has 19 heavy (non-hydrogen) atoms. The van der Waals surface area contributed by atoms with Gasteiger partial charge in [0.1, 0.15) is 11.4 Å². The summed E-state index contributed by atoms with van der Waals surface area (Å²) in [4.78, 5) is 2.61. The Hall–Kier alpha value is -1.38. The molecular weight excluding hydrogens is 236 g/mol. The first-order valence-electron chi connectivity index (χ1n) is 7.49. The van der Waals surface area contributed by atoms with Crippen molar-refractivity contribution in [1.82, 2.24) is 0 Å². The maximum atomic E-state index is 5.49. The van der Waals surface area contributed by atoms with Crippen LogP contribution in [0.15, 0.2) is 18.2 Å². The van der Waals surface area contributed by atoms with Crippen LogP contribution in [0.3, 0.4) is 0 Å². The minimum atomic E-state index is 0.326. The third-order valence-electron chi connectivity index (χ3n) is 4.78. The number of nitrogens with one attached hydrogen (secondary N) is 1. The number of anilines is 2. The highest BCUT2D eigenvalue weighted by atomic mass is 16.5. The van der Waals surface area contributed by atoms with Crippen LogP contribution in [0.1, 0.15) is 39.0 Å². The van der Waals surface area contributed by atoms with E-state index in [0.717, 1.165) is 18.8 Å². The van der Waals surface area contributed by atoms with Crippen molar-refractivity contribution in [1.29, 1.82) is 0 Å². The largest absolute Gasteiger partial charge is 0.495 e. The molecule has 1 heterocycles. The second-order valence-electron chi connectivity index (χ2n) is 5.74. The van der Waals surface area contributed by atoms with Gasteiger partial charge < -0.3 is 15.0 Å². The molecule has 2 aliphatic rings. The van der Waals surface area contributed by atoms with Crippen molar-refractivity contribution >= 4 is 11.4 Å². The van der Waals surface area contributed by atoms with E-state index in [-0.39, 0.29) is 0 Å². The van der Waals surface area contributed by atoms with Crippen LogP contribution in [0.2, 0.25) is 0 Å². The van der Waals surface area contributed by atoms with E-state index in [1.807, 2.05) is 6.07 Å². The number of likely N-dealkylation sites (N-methyl/N-ethyl adjacent to an activating group) is 1. The molecule has 0 amide bonds. The summed E-state index contributed by atoms with van der Waals surface area (Å²) in [6.07, 6.45) is 6.73. The van der Waals surface area contributed by atoms with Crippen LogP contribution < -0.4 is 15.0 Å². The van der Waals surface area contributed by atoms with E-state index in [1.54, 1.807) is 7.11 Å². The number of hydrogen-bond donors (Lipinski definition) is 1. The standard InChI is InChI=1S/C16H24N2O/c1-3-18-13-8-7-9-14(19-2)15(13)17-12-16(18)10-5-4-6-11-16/h7-9,17H,3-6,10-12H2,1-2H3. The summed E-state index contributed by atoms with van der Waals surface area (Å²) in [6, 6.07) is 6.37. The van der Waals surface area contributed by atoms with Crippen LogP contribution in [0.25, 0.3) is 0 Å². The molecule has 3 nitrogen and oxygen atoms in total. The fraction of sp³-hybridized carbons (Fsp3) is 0.625. The third kappa shape index (κ3) is 1.96. The molecule has 1 aromatic carbocycles. The van der Waals surface area contributed by atoms with Gasteiger partial charge in [0.25, 0.3) is 0 Å². The van der Waals surface area contributed by atoms with Gasteiger partial charge in [0.15, 0.2) is 0 Å². The zero-order valence-corrected chi connectivity index (χ0v) is 12.0. The SMILES string of the molecule is CCN1c2cccc(OC)c2NCC12CCCCC2. The Labute approximate surface area is 115 Å². The third-order valence-corrected chi connectivity index (χ3v) is 4.78. The molecule has 0 saturated heterocycles. The van der Waals surface area contributed by atoms with Crippen LogP contribution in [-0.4, -0.2) is 25.7 Å². The van der Waals surface area contributed by atoms with Crippen molar-refractivity contribution in [2.45, 2.75) is 44.6 Å². The van der Waals surface area contributed by atoms with Gasteiger partial charge in [-0.2, -0.15) is 0 Å². The van der Waals surface area contributed by atoms with Gasteiger partial charge in [0.05, 0.1) is 18.3 Å². The number of methoxy groups -OCH3 is 1. The highest BCUT2D eigenvalue weighted by Crippen LogP contribution is 2.46. The van der Waals surface area contributed by atoms with E-state index >= 15 is 0 Å². The van der Waals surface area contributed by atoms with Gasteiger partial charge in [-0.05, 0) is 31.9 Å². The molecular formula is C16H24N2O. The number of nitrogens with zero attached hydrogens (tertiary/aromatic N) is 1. The molecule has 0 bridgehead atoms. The van der Waals surface area contributed by atoms with Crippen LogP contribution >= 0.6 is 0 Å². The first-order valence-corrected chi connectivity index (χ1v) is 7.49. The van der Waals surface area contributed by atoms with Crippen molar-refractivity contribution in [3.63, 3.8) is 0 Å². The fourth-order valence-electron chi connectivity index (χ4n) is 3.86. The Balaban J connectivity index is 2.02. The Morgan fingerprint density at radius 3 is 2.74 bits per heavy atom. The smallest absolute Gasteiger partial charge is 0.144 e. The summed E-state index contributed by atoms with van der Waals surface area (Å²) >= 11 is 0. The van der Waals surface area contributed by atoms with Crippen LogP contribution in [0, 0.1) is 0 Å². The predicted molar refractivity (Wildman–Crippen MR) is 80.3 cm³/mol. The Morgan fingerprint density at radius 2 is 2.05 bits per heavy atom. The van der Waals surface area contributed by atoms with Crippen molar-refractivity contribution in [3.05, 3.63) is 18.2 Å². The molecule has 3 rings (SSSR count). The molecule has 1 aliphatic carbocycles. The van der Waals surface area contributed by atoms with Gasteiger partial charge in [-0.15, -0.1) is 0 Å². The summed E-state index contributed by atoms with van der Waals surface area (Å²) in [5, 5.41) is 3.64. The lowest BCUT2D eigenvalue weighted by Crippen LogP contribution is -2.57. The molecule has 1 aliphatic heterocycles. The number of rotatable bonds is 2. The average molecular weight is 260 g/mol. The maximum Gasteiger partial charge on any atom is 0.144 e. The maximum absolute atomic E-state index is 5.49. The monoisotopic (exact) mass is 260 g/mol. The van der Waals surface area contributed by atoms with Gasteiger partial charge in [-0.1, -0.05) is 25.3 Å². The summed E-state index contributed by atoms with van der Waals surface area (Å²) in [5.74, 6) is 0.960. The summed E-state index contributed by atoms with van der Waals surface area (Å²) in [5.41, 5.74) is 2.81. The number of benzene rings is 1.